The Kier molecular flexibility index (Phi) is 7.20. The van der Waals surface area contributed by atoms with Gasteiger partial charge in [-0.3, -0.25) is 4.55 Å². The zero-order chi connectivity index (χ0) is 22.8. The van der Waals surface area contributed by atoms with E-state index in [-0.39, 0.29) is 16.7 Å². The summed E-state index contributed by atoms with van der Waals surface area (Å²) in [6, 6.07) is 21.3. The third-order valence-corrected chi connectivity index (χ3v) is 8.98. The van der Waals surface area contributed by atoms with Crippen LogP contribution in [0.2, 0.25) is 0 Å². The van der Waals surface area contributed by atoms with Crippen LogP contribution in [-0.4, -0.2) is 20.1 Å². The van der Waals surface area contributed by atoms with Crippen molar-refractivity contribution in [3.63, 3.8) is 0 Å². The Bertz CT molecular complexity index is 1120. The molecule has 0 aliphatic heterocycles. The molecule has 4 nitrogen and oxygen atoms in total. The highest BCUT2D eigenvalue weighted by molar-refractivity contribution is 7.88. The quantitative estimate of drug-likeness (QED) is 0.404. The minimum absolute atomic E-state index is 0.102. The summed E-state index contributed by atoms with van der Waals surface area (Å²) in [6.45, 7) is 8.55. The third kappa shape index (κ3) is 5.01. The largest absolute Gasteiger partial charge is 0.497 e. The lowest BCUT2D eigenvalue weighted by atomic mass is 10.0. The van der Waals surface area contributed by atoms with Gasteiger partial charge in [-0.1, -0.05) is 76.2 Å². The van der Waals surface area contributed by atoms with E-state index >= 15 is 0 Å². The van der Waals surface area contributed by atoms with E-state index in [2.05, 4.69) is 52.0 Å². The summed E-state index contributed by atoms with van der Waals surface area (Å²) in [5.74, 6) is 0.917. The first-order valence-electron chi connectivity index (χ1n) is 10.3. The van der Waals surface area contributed by atoms with Gasteiger partial charge in [-0.05, 0) is 53.6 Å². The Morgan fingerprint density at radius 1 is 0.774 bits per heavy atom. The number of hydrogen-bond donors (Lipinski definition) is 1. The minimum Gasteiger partial charge on any atom is -0.497 e. The fourth-order valence-electron chi connectivity index (χ4n) is 3.76. The van der Waals surface area contributed by atoms with Gasteiger partial charge in [0.25, 0.3) is 10.1 Å². The summed E-state index contributed by atoms with van der Waals surface area (Å²) in [7, 11) is -4.23. The van der Waals surface area contributed by atoms with Gasteiger partial charge in [-0.25, -0.2) is 0 Å². The molecule has 0 heterocycles. The SMILES string of the molecule is COc1ccc(P(c2ccccc2C(C)C)c2ccccc2C(C)C)c(S(=O)(=O)O)c1. The van der Waals surface area contributed by atoms with Crippen LogP contribution in [-0.2, 0) is 10.1 Å². The highest BCUT2D eigenvalue weighted by Gasteiger charge is 2.29. The molecule has 0 amide bonds. The number of benzene rings is 3. The maximum absolute atomic E-state index is 12.4. The number of methoxy groups -OCH3 is 1. The van der Waals surface area contributed by atoms with Crippen molar-refractivity contribution in [3.8, 4) is 5.75 Å². The molecule has 164 valence electrons. The van der Waals surface area contributed by atoms with Gasteiger partial charge < -0.3 is 4.74 Å². The monoisotopic (exact) mass is 456 g/mol. The topological polar surface area (TPSA) is 63.6 Å². The van der Waals surface area contributed by atoms with Crippen LogP contribution >= 0.6 is 7.92 Å². The predicted molar refractivity (Wildman–Crippen MR) is 130 cm³/mol. The second-order valence-electron chi connectivity index (χ2n) is 8.07. The molecule has 0 bridgehead atoms. The Morgan fingerprint density at radius 2 is 1.26 bits per heavy atom. The van der Waals surface area contributed by atoms with Crippen LogP contribution < -0.4 is 20.7 Å². The zero-order valence-corrected chi connectivity index (χ0v) is 20.2. The second-order valence-corrected chi connectivity index (χ2v) is 11.6. The molecule has 3 rings (SSSR count). The van der Waals surface area contributed by atoms with E-state index < -0.39 is 18.0 Å². The normalized spacial score (nSPS) is 12.0. The van der Waals surface area contributed by atoms with Crippen molar-refractivity contribution in [1.82, 2.24) is 0 Å². The molecular weight excluding hydrogens is 427 g/mol. The van der Waals surface area contributed by atoms with Gasteiger partial charge in [0.05, 0.1) is 7.11 Å². The van der Waals surface area contributed by atoms with Crippen molar-refractivity contribution in [2.24, 2.45) is 0 Å². The molecular formula is C25H29O4PS. The maximum Gasteiger partial charge on any atom is 0.295 e. The molecule has 0 aliphatic carbocycles. The first-order valence-corrected chi connectivity index (χ1v) is 13.1. The number of ether oxygens (including phenoxy) is 1. The molecule has 0 saturated carbocycles. The summed E-state index contributed by atoms with van der Waals surface area (Å²) >= 11 is 0. The van der Waals surface area contributed by atoms with E-state index in [1.165, 1.54) is 24.3 Å². The highest BCUT2D eigenvalue weighted by Crippen LogP contribution is 2.40. The molecule has 0 saturated heterocycles. The lowest BCUT2D eigenvalue weighted by Gasteiger charge is -2.28. The van der Waals surface area contributed by atoms with E-state index in [1.54, 1.807) is 12.1 Å². The van der Waals surface area contributed by atoms with Crippen LogP contribution in [0.25, 0.3) is 0 Å². The lowest BCUT2D eigenvalue weighted by Crippen LogP contribution is -2.29. The second kappa shape index (κ2) is 9.52. The lowest BCUT2D eigenvalue weighted by molar-refractivity contribution is 0.413. The van der Waals surface area contributed by atoms with E-state index in [0.29, 0.717) is 11.1 Å². The Morgan fingerprint density at radius 3 is 1.68 bits per heavy atom. The predicted octanol–water partition coefficient (Wildman–Crippen LogP) is 4.95. The van der Waals surface area contributed by atoms with Crippen LogP contribution in [0.5, 0.6) is 5.75 Å². The van der Waals surface area contributed by atoms with Gasteiger partial charge in [-0.15, -0.1) is 0 Å². The molecule has 6 heteroatoms. The highest BCUT2D eigenvalue weighted by atomic mass is 32.2. The maximum atomic E-state index is 12.4. The summed E-state index contributed by atoms with van der Waals surface area (Å²) < 4.78 is 40.2. The van der Waals surface area contributed by atoms with Gasteiger partial charge in [-0.2, -0.15) is 8.42 Å². The van der Waals surface area contributed by atoms with Crippen LogP contribution in [0.3, 0.4) is 0 Å². The first kappa shape index (κ1) is 23.5. The molecule has 3 aromatic carbocycles. The van der Waals surface area contributed by atoms with E-state index in [9.17, 15) is 13.0 Å². The molecule has 0 atom stereocenters. The van der Waals surface area contributed by atoms with Gasteiger partial charge in [0.1, 0.15) is 10.6 Å². The minimum atomic E-state index is -4.46. The first-order chi connectivity index (χ1) is 14.6. The molecule has 0 spiro atoms. The Balaban J connectivity index is 2.43. The van der Waals surface area contributed by atoms with Gasteiger partial charge in [0, 0.05) is 11.4 Å². The van der Waals surface area contributed by atoms with Crippen LogP contribution in [0.15, 0.2) is 71.6 Å². The summed E-state index contributed by atoms with van der Waals surface area (Å²) in [4.78, 5) is -0.102. The van der Waals surface area contributed by atoms with E-state index in [1.807, 2.05) is 24.3 Å². The number of rotatable bonds is 7. The Hall–Kier alpha value is -2.20. The molecule has 0 aliphatic rings. The molecule has 3 aromatic rings. The van der Waals surface area contributed by atoms with E-state index in [4.69, 9.17) is 4.74 Å². The van der Waals surface area contributed by atoms with Crippen molar-refractivity contribution in [2.45, 2.75) is 44.4 Å². The molecule has 0 aromatic heterocycles. The van der Waals surface area contributed by atoms with Gasteiger partial charge in [0.15, 0.2) is 0 Å². The fraction of sp³-hybridized carbons (Fsp3) is 0.280. The van der Waals surface area contributed by atoms with Crippen LogP contribution in [0.4, 0.5) is 0 Å². The molecule has 1 N–H and O–H groups in total. The Labute approximate surface area is 186 Å². The van der Waals surface area contributed by atoms with Crippen molar-refractivity contribution >= 4 is 34.0 Å². The van der Waals surface area contributed by atoms with Gasteiger partial charge in [0.2, 0.25) is 0 Å². The molecule has 0 unspecified atom stereocenters. The summed E-state index contributed by atoms with van der Waals surface area (Å²) in [5, 5.41) is 2.78. The third-order valence-electron chi connectivity index (χ3n) is 5.29. The molecule has 31 heavy (non-hydrogen) atoms. The smallest absolute Gasteiger partial charge is 0.295 e. The van der Waals surface area contributed by atoms with E-state index in [0.717, 1.165) is 10.6 Å². The average molecular weight is 457 g/mol. The summed E-state index contributed by atoms with van der Waals surface area (Å²) in [5.41, 5.74) is 2.34. The summed E-state index contributed by atoms with van der Waals surface area (Å²) in [6.07, 6.45) is 0. The van der Waals surface area contributed by atoms with Crippen LogP contribution in [0.1, 0.15) is 50.7 Å². The molecule has 0 fully saturated rings. The van der Waals surface area contributed by atoms with Crippen molar-refractivity contribution in [3.05, 3.63) is 77.9 Å². The van der Waals surface area contributed by atoms with Crippen molar-refractivity contribution in [1.29, 1.82) is 0 Å². The van der Waals surface area contributed by atoms with Gasteiger partial charge >= 0.3 is 0 Å². The number of hydrogen-bond acceptors (Lipinski definition) is 3. The average Bonchev–Trinajstić information content (AvgIpc) is 2.74. The fourth-order valence-corrected chi connectivity index (χ4v) is 7.92. The zero-order valence-electron chi connectivity index (χ0n) is 18.5. The standard InChI is InChI=1S/C25H29O4PS/c1-17(2)20-10-6-8-12-22(20)30(23-13-9-7-11-21(23)18(3)4)24-15-14-19(29-5)16-25(24)31(26,27)28/h6-18H,1-5H3,(H,26,27,28). The van der Waals surface area contributed by atoms with Crippen molar-refractivity contribution in [2.75, 3.05) is 7.11 Å². The molecule has 0 radical (unpaired) electrons. The van der Waals surface area contributed by atoms with Crippen molar-refractivity contribution < 1.29 is 17.7 Å². The van der Waals surface area contributed by atoms with Crippen LogP contribution in [0, 0.1) is 0 Å².